The van der Waals surface area contributed by atoms with Crippen LogP contribution in [0.15, 0.2) is 63.8 Å². The van der Waals surface area contributed by atoms with Crippen LogP contribution in [0.3, 0.4) is 0 Å². The summed E-state index contributed by atoms with van der Waals surface area (Å²) in [4.78, 5) is 12.3. The van der Waals surface area contributed by atoms with E-state index in [2.05, 4.69) is 0 Å². The second-order valence-electron chi connectivity index (χ2n) is 5.08. The first-order valence-electron chi connectivity index (χ1n) is 7.00. The van der Waals surface area contributed by atoms with Crippen LogP contribution in [0, 0.1) is 0 Å². The highest BCUT2D eigenvalue weighted by molar-refractivity contribution is 5.78. The van der Waals surface area contributed by atoms with E-state index >= 15 is 0 Å². The number of benzene rings is 2. The van der Waals surface area contributed by atoms with Crippen LogP contribution in [-0.2, 0) is 0 Å². The van der Waals surface area contributed by atoms with Crippen molar-refractivity contribution in [1.29, 1.82) is 0 Å². The van der Waals surface area contributed by atoms with Gasteiger partial charge >= 0.3 is 5.63 Å². The van der Waals surface area contributed by atoms with Crippen molar-refractivity contribution in [2.75, 3.05) is 0 Å². The predicted octanol–water partition coefficient (Wildman–Crippen LogP) is 4.04. The van der Waals surface area contributed by atoms with E-state index in [4.69, 9.17) is 4.42 Å². The summed E-state index contributed by atoms with van der Waals surface area (Å²) in [6, 6.07) is 16.5. The highest BCUT2D eigenvalue weighted by Gasteiger charge is 2.17. The first-order valence-corrected chi connectivity index (χ1v) is 7.00. The van der Waals surface area contributed by atoms with Crippen molar-refractivity contribution >= 4 is 11.0 Å². The largest absolute Gasteiger partial charge is 0.508 e. The fourth-order valence-corrected chi connectivity index (χ4v) is 2.69. The Labute approximate surface area is 122 Å². The van der Waals surface area contributed by atoms with E-state index in [1.165, 1.54) is 6.07 Å². The number of phenolic OH excluding ortho intramolecular Hbond substituents is 1. The molecule has 2 aromatic carbocycles. The molecule has 3 rings (SSSR count). The van der Waals surface area contributed by atoms with Gasteiger partial charge in [-0.05, 0) is 36.2 Å². The highest BCUT2D eigenvalue weighted by Crippen LogP contribution is 2.28. The third kappa shape index (κ3) is 2.55. The molecule has 0 saturated carbocycles. The minimum absolute atomic E-state index is 0.00537. The van der Waals surface area contributed by atoms with Crippen molar-refractivity contribution in [2.45, 2.75) is 19.3 Å². The van der Waals surface area contributed by atoms with Crippen LogP contribution in [0.1, 0.15) is 30.4 Å². The van der Waals surface area contributed by atoms with Gasteiger partial charge in [-0.3, -0.25) is 0 Å². The third-order valence-corrected chi connectivity index (χ3v) is 3.73. The number of rotatable bonds is 3. The Morgan fingerprint density at radius 2 is 1.86 bits per heavy atom. The Bertz CT molecular complexity index is 819. The molecule has 0 saturated heterocycles. The van der Waals surface area contributed by atoms with Crippen LogP contribution >= 0.6 is 0 Å². The summed E-state index contributed by atoms with van der Waals surface area (Å²) in [6.07, 6.45) is 0.805. The van der Waals surface area contributed by atoms with Crippen LogP contribution in [-0.4, -0.2) is 5.11 Å². The molecule has 0 aliphatic carbocycles. The Hall–Kier alpha value is -2.55. The number of hydrogen-bond donors (Lipinski definition) is 1. The molecule has 106 valence electrons. The quantitative estimate of drug-likeness (QED) is 0.737. The van der Waals surface area contributed by atoms with E-state index < -0.39 is 0 Å². The molecule has 3 heteroatoms. The summed E-state index contributed by atoms with van der Waals surface area (Å²) in [6.45, 7) is 2.05. The fraction of sp³-hybridized carbons (Fsp3) is 0.167. The molecule has 3 nitrogen and oxygen atoms in total. The van der Waals surface area contributed by atoms with E-state index in [0.29, 0.717) is 11.1 Å². The van der Waals surface area contributed by atoms with Gasteiger partial charge in [0.05, 0.1) is 0 Å². The first-order chi connectivity index (χ1) is 10.2. The number of phenols is 1. The van der Waals surface area contributed by atoms with Crippen molar-refractivity contribution in [3.05, 3.63) is 76.1 Å². The maximum absolute atomic E-state index is 12.3. The zero-order chi connectivity index (χ0) is 14.8. The average molecular weight is 280 g/mol. The van der Waals surface area contributed by atoms with Gasteiger partial charge in [-0.2, -0.15) is 0 Å². The van der Waals surface area contributed by atoms with Gasteiger partial charge in [0, 0.05) is 16.9 Å². The third-order valence-electron chi connectivity index (χ3n) is 3.73. The van der Waals surface area contributed by atoms with Gasteiger partial charge in [-0.1, -0.05) is 37.3 Å². The second kappa shape index (κ2) is 5.44. The molecule has 1 heterocycles. The smallest absolute Gasteiger partial charge is 0.340 e. The lowest BCUT2D eigenvalue weighted by atomic mass is 9.90. The topological polar surface area (TPSA) is 50.4 Å². The number of aromatic hydroxyl groups is 1. The van der Waals surface area contributed by atoms with Gasteiger partial charge < -0.3 is 9.52 Å². The molecule has 0 amide bonds. The minimum Gasteiger partial charge on any atom is -0.508 e. The summed E-state index contributed by atoms with van der Waals surface area (Å²) in [5, 5.41) is 10.3. The molecular weight excluding hydrogens is 264 g/mol. The van der Waals surface area contributed by atoms with Crippen molar-refractivity contribution in [3.8, 4) is 5.75 Å². The van der Waals surface area contributed by atoms with Crippen molar-refractivity contribution in [2.24, 2.45) is 0 Å². The lowest BCUT2D eigenvalue weighted by molar-refractivity contribution is 0.475. The SMILES string of the molecule is CCC(c1ccccc1)c1cc2cc(O)ccc2oc1=O. The summed E-state index contributed by atoms with van der Waals surface area (Å²) in [5.74, 6) is 0.157. The predicted molar refractivity (Wildman–Crippen MR) is 82.7 cm³/mol. The van der Waals surface area contributed by atoms with Gasteiger partial charge in [0.2, 0.25) is 0 Å². The van der Waals surface area contributed by atoms with Crippen LogP contribution in [0.25, 0.3) is 11.0 Å². The minimum atomic E-state index is -0.316. The van der Waals surface area contributed by atoms with Crippen LogP contribution < -0.4 is 5.63 Å². The Balaban J connectivity index is 2.18. The molecule has 21 heavy (non-hydrogen) atoms. The summed E-state index contributed by atoms with van der Waals surface area (Å²) in [7, 11) is 0. The van der Waals surface area contributed by atoms with Crippen LogP contribution in [0.2, 0.25) is 0 Å². The summed E-state index contributed by atoms with van der Waals surface area (Å²) < 4.78 is 5.39. The van der Waals surface area contributed by atoms with Gasteiger partial charge in [0.15, 0.2) is 0 Å². The average Bonchev–Trinajstić information content (AvgIpc) is 2.50. The zero-order valence-corrected chi connectivity index (χ0v) is 11.7. The summed E-state index contributed by atoms with van der Waals surface area (Å²) in [5.41, 5.74) is 1.89. The molecule has 0 aliphatic heterocycles. The highest BCUT2D eigenvalue weighted by atomic mass is 16.4. The first kappa shape index (κ1) is 13.4. The summed E-state index contributed by atoms with van der Waals surface area (Å²) >= 11 is 0. The molecule has 3 aromatic rings. The molecule has 0 radical (unpaired) electrons. The van der Waals surface area contributed by atoms with Gasteiger partial charge in [-0.15, -0.1) is 0 Å². The molecule has 1 N–H and O–H groups in total. The van der Waals surface area contributed by atoms with Gasteiger partial charge in [0.1, 0.15) is 11.3 Å². The van der Waals surface area contributed by atoms with Crippen molar-refractivity contribution in [3.63, 3.8) is 0 Å². The monoisotopic (exact) mass is 280 g/mol. The van der Waals surface area contributed by atoms with E-state index in [1.54, 1.807) is 12.1 Å². The Morgan fingerprint density at radius 3 is 2.57 bits per heavy atom. The van der Waals surface area contributed by atoms with E-state index in [9.17, 15) is 9.90 Å². The lowest BCUT2D eigenvalue weighted by Gasteiger charge is -2.15. The van der Waals surface area contributed by atoms with Gasteiger partial charge in [0.25, 0.3) is 0 Å². The molecule has 0 spiro atoms. The maximum atomic E-state index is 12.3. The second-order valence-corrected chi connectivity index (χ2v) is 5.08. The Kier molecular flexibility index (Phi) is 3.48. The Morgan fingerprint density at radius 1 is 1.10 bits per heavy atom. The van der Waals surface area contributed by atoms with Crippen LogP contribution in [0.5, 0.6) is 5.75 Å². The zero-order valence-electron chi connectivity index (χ0n) is 11.7. The molecule has 1 unspecified atom stereocenters. The van der Waals surface area contributed by atoms with Crippen LogP contribution in [0.4, 0.5) is 0 Å². The molecule has 0 aliphatic rings. The van der Waals surface area contributed by atoms with Crippen molar-refractivity contribution < 1.29 is 9.52 Å². The maximum Gasteiger partial charge on any atom is 0.340 e. The standard InChI is InChI=1S/C18H16O3/c1-2-15(12-6-4-3-5-7-12)16-11-13-10-14(19)8-9-17(13)21-18(16)20/h3-11,15,19H,2H2,1H3. The molecule has 0 fully saturated rings. The van der Waals surface area contributed by atoms with E-state index in [-0.39, 0.29) is 17.3 Å². The fourth-order valence-electron chi connectivity index (χ4n) is 2.69. The number of fused-ring (bicyclic) bond motifs is 1. The molecule has 1 aromatic heterocycles. The van der Waals surface area contributed by atoms with Gasteiger partial charge in [-0.25, -0.2) is 4.79 Å². The number of hydrogen-bond acceptors (Lipinski definition) is 3. The molecule has 0 bridgehead atoms. The van der Waals surface area contributed by atoms with E-state index in [1.807, 2.05) is 43.3 Å². The normalized spacial score (nSPS) is 12.4. The van der Waals surface area contributed by atoms with E-state index in [0.717, 1.165) is 17.4 Å². The van der Waals surface area contributed by atoms with Crippen molar-refractivity contribution in [1.82, 2.24) is 0 Å². The molecule has 1 atom stereocenters. The molecular formula is C18H16O3. The lowest BCUT2D eigenvalue weighted by Crippen LogP contribution is -2.13.